The van der Waals surface area contributed by atoms with Crippen LogP contribution < -0.4 is 5.69 Å². The number of aryl methyl sites for hydroxylation is 2. The molecule has 7 nitrogen and oxygen atoms in total. The van der Waals surface area contributed by atoms with Crippen molar-refractivity contribution in [2.24, 2.45) is 7.05 Å². The number of likely N-dealkylation sites (tertiary alicyclic amines) is 1. The molecule has 3 rings (SSSR count). The van der Waals surface area contributed by atoms with Gasteiger partial charge >= 0.3 is 5.69 Å². The predicted molar refractivity (Wildman–Crippen MR) is 89.7 cm³/mol. The van der Waals surface area contributed by atoms with Crippen molar-refractivity contribution in [2.45, 2.75) is 38.5 Å². The molecule has 0 spiro atoms. The summed E-state index contributed by atoms with van der Waals surface area (Å²) in [6, 6.07) is 1.83. The van der Waals surface area contributed by atoms with Crippen LogP contribution in [0.15, 0.2) is 23.3 Å². The first kappa shape index (κ1) is 16.4. The van der Waals surface area contributed by atoms with Crippen molar-refractivity contribution in [1.82, 2.24) is 24.6 Å². The summed E-state index contributed by atoms with van der Waals surface area (Å²) in [7, 11) is 1.91. The van der Waals surface area contributed by atoms with Crippen molar-refractivity contribution in [3.8, 4) is 0 Å². The summed E-state index contributed by atoms with van der Waals surface area (Å²) in [5.74, 6) is 0.345. The fourth-order valence-electron chi connectivity index (χ4n) is 3.27. The zero-order valence-corrected chi connectivity index (χ0v) is 14.2. The van der Waals surface area contributed by atoms with E-state index in [1.807, 2.05) is 35.8 Å². The highest BCUT2D eigenvalue weighted by Gasteiger charge is 2.25. The molecule has 0 saturated carbocycles. The van der Waals surface area contributed by atoms with E-state index in [-0.39, 0.29) is 17.5 Å². The van der Waals surface area contributed by atoms with Gasteiger partial charge in [0.05, 0.1) is 6.20 Å². The third-order valence-corrected chi connectivity index (χ3v) is 4.86. The fraction of sp³-hybridized carbons (Fsp3) is 0.529. The van der Waals surface area contributed by atoms with E-state index in [2.05, 4.69) is 15.1 Å². The number of nitrogens with one attached hydrogen (secondary N) is 1. The quantitative estimate of drug-likeness (QED) is 0.912. The van der Waals surface area contributed by atoms with Crippen molar-refractivity contribution in [3.05, 3.63) is 45.9 Å². The van der Waals surface area contributed by atoms with Crippen molar-refractivity contribution in [1.29, 1.82) is 0 Å². The number of hydrogen-bond acceptors (Lipinski definition) is 4. The van der Waals surface area contributed by atoms with Gasteiger partial charge in [0, 0.05) is 50.1 Å². The highest BCUT2D eigenvalue weighted by Crippen LogP contribution is 2.25. The molecule has 128 valence electrons. The molecule has 1 unspecified atom stereocenters. The minimum absolute atomic E-state index is 0.166. The minimum Gasteiger partial charge on any atom is -0.342 e. The zero-order chi connectivity index (χ0) is 17.1. The molecule has 0 bridgehead atoms. The molecule has 2 aromatic rings. The number of nitrogens with zero attached hydrogens (tertiary/aromatic N) is 4. The second-order valence-electron chi connectivity index (χ2n) is 6.39. The molecule has 1 aliphatic rings. The highest BCUT2D eigenvalue weighted by molar-refractivity contribution is 5.76. The highest BCUT2D eigenvalue weighted by atomic mass is 16.2. The second kappa shape index (κ2) is 6.98. The summed E-state index contributed by atoms with van der Waals surface area (Å²) in [5.41, 5.74) is 2.77. The van der Waals surface area contributed by atoms with Gasteiger partial charge in [-0.1, -0.05) is 0 Å². The molecule has 1 aliphatic heterocycles. The van der Waals surface area contributed by atoms with Gasteiger partial charge in [-0.2, -0.15) is 5.10 Å². The molecule has 7 heteroatoms. The number of piperidine rings is 1. The number of aromatic nitrogens is 4. The van der Waals surface area contributed by atoms with E-state index in [0.717, 1.165) is 36.3 Å². The molecular weight excluding hydrogens is 306 g/mol. The molecule has 1 atom stereocenters. The van der Waals surface area contributed by atoms with Crippen LogP contribution in [0.4, 0.5) is 0 Å². The van der Waals surface area contributed by atoms with E-state index in [9.17, 15) is 9.59 Å². The SMILES string of the molecule is Cc1c(CCC(=O)N2CCCC(c3ccnc(=O)[nH]3)C2)cnn1C. The Morgan fingerprint density at radius 1 is 1.46 bits per heavy atom. The fourth-order valence-corrected chi connectivity index (χ4v) is 3.27. The first-order valence-electron chi connectivity index (χ1n) is 8.35. The third kappa shape index (κ3) is 3.55. The Morgan fingerprint density at radius 2 is 2.29 bits per heavy atom. The van der Waals surface area contributed by atoms with E-state index in [1.54, 1.807) is 0 Å². The maximum Gasteiger partial charge on any atom is 0.345 e. The van der Waals surface area contributed by atoms with E-state index in [1.165, 1.54) is 6.20 Å². The lowest BCUT2D eigenvalue weighted by Gasteiger charge is -2.32. The normalized spacial score (nSPS) is 17.9. The summed E-state index contributed by atoms with van der Waals surface area (Å²) >= 11 is 0. The average molecular weight is 329 g/mol. The first-order chi connectivity index (χ1) is 11.5. The number of amides is 1. The second-order valence-corrected chi connectivity index (χ2v) is 6.39. The largest absolute Gasteiger partial charge is 0.345 e. The van der Waals surface area contributed by atoms with Crippen LogP contribution in [0.25, 0.3) is 0 Å². The Kier molecular flexibility index (Phi) is 4.78. The summed E-state index contributed by atoms with van der Waals surface area (Å²) < 4.78 is 1.83. The van der Waals surface area contributed by atoms with E-state index in [4.69, 9.17) is 0 Å². The van der Waals surface area contributed by atoms with E-state index >= 15 is 0 Å². The Morgan fingerprint density at radius 3 is 3.00 bits per heavy atom. The summed E-state index contributed by atoms with van der Waals surface area (Å²) in [5, 5.41) is 4.22. The lowest BCUT2D eigenvalue weighted by Crippen LogP contribution is -2.39. The van der Waals surface area contributed by atoms with Crippen LogP contribution in [0.3, 0.4) is 0 Å². The summed E-state index contributed by atoms with van der Waals surface area (Å²) in [6.45, 7) is 3.46. The summed E-state index contributed by atoms with van der Waals surface area (Å²) in [4.78, 5) is 32.3. The van der Waals surface area contributed by atoms with Gasteiger partial charge < -0.3 is 9.88 Å². The maximum absolute atomic E-state index is 12.5. The Balaban J connectivity index is 1.61. The van der Waals surface area contributed by atoms with Gasteiger partial charge in [0.15, 0.2) is 0 Å². The number of rotatable bonds is 4. The van der Waals surface area contributed by atoms with Gasteiger partial charge in [-0.05, 0) is 37.8 Å². The number of hydrogen-bond donors (Lipinski definition) is 1. The molecule has 1 N–H and O–H groups in total. The van der Waals surface area contributed by atoms with Crippen molar-refractivity contribution in [3.63, 3.8) is 0 Å². The van der Waals surface area contributed by atoms with Crippen LogP contribution in [0, 0.1) is 6.92 Å². The van der Waals surface area contributed by atoms with Crippen LogP contribution >= 0.6 is 0 Å². The van der Waals surface area contributed by atoms with Gasteiger partial charge in [0.1, 0.15) is 0 Å². The van der Waals surface area contributed by atoms with Gasteiger partial charge in [-0.15, -0.1) is 0 Å². The lowest BCUT2D eigenvalue weighted by molar-refractivity contribution is -0.132. The number of carbonyl (C=O) groups excluding carboxylic acids is 1. The van der Waals surface area contributed by atoms with E-state index < -0.39 is 0 Å². The van der Waals surface area contributed by atoms with Crippen LogP contribution in [0.1, 0.15) is 42.1 Å². The predicted octanol–water partition coefficient (Wildman–Crippen LogP) is 1.15. The topological polar surface area (TPSA) is 83.9 Å². The Bertz CT molecular complexity index is 779. The molecule has 1 saturated heterocycles. The zero-order valence-electron chi connectivity index (χ0n) is 14.2. The van der Waals surface area contributed by atoms with Gasteiger partial charge in [0.25, 0.3) is 0 Å². The molecule has 1 amide bonds. The molecular formula is C17H23N5O2. The summed E-state index contributed by atoms with van der Waals surface area (Å²) in [6.07, 6.45) is 6.50. The smallest absolute Gasteiger partial charge is 0.342 e. The average Bonchev–Trinajstić information content (AvgIpc) is 2.91. The number of H-pyrrole nitrogens is 1. The number of aromatic amines is 1. The van der Waals surface area contributed by atoms with Crippen LogP contribution in [-0.2, 0) is 18.3 Å². The van der Waals surface area contributed by atoms with Gasteiger partial charge in [-0.25, -0.2) is 9.78 Å². The molecule has 0 aromatic carbocycles. The molecule has 0 radical (unpaired) electrons. The van der Waals surface area contributed by atoms with E-state index in [0.29, 0.717) is 19.4 Å². The Hall–Kier alpha value is -2.44. The third-order valence-electron chi connectivity index (χ3n) is 4.86. The van der Waals surface area contributed by atoms with Crippen LogP contribution in [0.2, 0.25) is 0 Å². The monoisotopic (exact) mass is 329 g/mol. The van der Waals surface area contributed by atoms with Crippen molar-refractivity contribution in [2.75, 3.05) is 13.1 Å². The number of carbonyl (C=O) groups is 1. The molecule has 2 aromatic heterocycles. The lowest BCUT2D eigenvalue weighted by atomic mass is 9.94. The first-order valence-corrected chi connectivity index (χ1v) is 8.35. The molecule has 1 fully saturated rings. The van der Waals surface area contributed by atoms with Crippen molar-refractivity contribution >= 4 is 5.91 Å². The van der Waals surface area contributed by atoms with Gasteiger partial charge in [0.2, 0.25) is 5.91 Å². The molecule has 24 heavy (non-hydrogen) atoms. The van der Waals surface area contributed by atoms with Gasteiger partial charge in [-0.3, -0.25) is 9.48 Å². The standard InChI is InChI=1S/C17H23N5O2/c1-12-13(10-19-21(12)2)5-6-16(23)22-9-3-4-14(11-22)15-7-8-18-17(24)20-15/h7-8,10,14H,3-6,9,11H2,1-2H3,(H,18,20,24). The molecule has 3 heterocycles. The maximum atomic E-state index is 12.5. The minimum atomic E-state index is -0.331. The molecule has 0 aliphatic carbocycles. The van der Waals surface area contributed by atoms with Crippen molar-refractivity contribution < 1.29 is 4.79 Å². The van der Waals surface area contributed by atoms with Crippen LogP contribution in [0.5, 0.6) is 0 Å². The Labute approximate surface area is 140 Å². The van der Waals surface area contributed by atoms with Crippen LogP contribution in [-0.4, -0.2) is 43.6 Å².